The molecule has 0 radical (unpaired) electrons. The third-order valence-corrected chi connectivity index (χ3v) is 5.02. The summed E-state index contributed by atoms with van der Waals surface area (Å²) < 4.78 is 0. The highest BCUT2D eigenvalue weighted by Crippen LogP contribution is 2.19. The number of carbonyl (C=O) groups excluding carboxylic acids is 2. The molecule has 2 N–H and O–H groups in total. The maximum absolute atomic E-state index is 12.5. The van der Waals surface area contributed by atoms with E-state index in [2.05, 4.69) is 10.6 Å². The minimum atomic E-state index is -0.268. The predicted molar refractivity (Wildman–Crippen MR) is 129 cm³/mol. The van der Waals surface area contributed by atoms with Crippen molar-refractivity contribution < 1.29 is 9.59 Å². The van der Waals surface area contributed by atoms with E-state index < -0.39 is 0 Å². The van der Waals surface area contributed by atoms with E-state index in [-0.39, 0.29) is 16.9 Å². The van der Waals surface area contributed by atoms with Crippen molar-refractivity contribution in [2.24, 2.45) is 0 Å². The topological polar surface area (TPSA) is 61.4 Å². The maximum Gasteiger partial charge on any atom is 0.257 e. The van der Waals surface area contributed by atoms with Crippen LogP contribution in [0.1, 0.15) is 22.3 Å². The first kappa shape index (κ1) is 22.2. The van der Waals surface area contributed by atoms with Crippen LogP contribution in [-0.4, -0.2) is 35.9 Å². The van der Waals surface area contributed by atoms with E-state index >= 15 is 0 Å². The Morgan fingerprint density at radius 1 is 0.839 bits per heavy atom. The molecule has 6 heteroatoms. The van der Waals surface area contributed by atoms with E-state index in [4.69, 9.17) is 12.2 Å². The third-order valence-electron chi connectivity index (χ3n) is 4.82. The number of benzene rings is 3. The number of carbonyl (C=O) groups is 2. The molecule has 0 aromatic heterocycles. The molecule has 3 aromatic rings. The lowest BCUT2D eigenvalue weighted by atomic mass is 10.0. The number of aryl methyl sites for hydroxylation is 1. The summed E-state index contributed by atoms with van der Waals surface area (Å²) in [7, 11) is 3.50. The van der Waals surface area contributed by atoms with Crippen LogP contribution in [0.4, 0.5) is 5.69 Å². The molecule has 0 aliphatic heterocycles. The fourth-order valence-corrected chi connectivity index (χ4v) is 3.22. The Morgan fingerprint density at radius 3 is 2.06 bits per heavy atom. The van der Waals surface area contributed by atoms with Gasteiger partial charge in [0.05, 0.1) is 0 Å². The molecule has 3 aromatic carbocycles. The molecular formula is C25H25N3O2S. The van der Waals surface area contributed by atoms with E-state index in [1.165, 1.54) is 0 Å². The van der Waals surface area contributed by atoms with E-state index in [0.717, 1.165) is 22.4 Å². The second-order valence-electron chi connectivity index (χ2n) is 7.34. The van der Waals surface area contributed by atoms with Crippen molar-refractivity contribution in [2.45, 2.75) is 12.8 Å². The molecule has 0 saturated carbocycles. The minimum Gasteiger partial charge on any atom is -0.349 e. The summed E-state index contributed by atoms with van der Waals surface area (Å²) in [6.07, 6.45) is 1.15. The smallest absolute Gasteiger partial charge is 0.257 e. The van der Waals surface area contributed by atoms with Gasteiger partial charge in [0.25, 0.3) is 5.91 Å². The standard InChI is InChI=1S/C25H25N3O2S/c1-28(2)23(29)17-10-18-8-15-22(16-9-18)26-25(31)27-24(30)21-13-11-20(12-14-21)19-6-4-3-5-7-19/h3-9,11-16H,10,17H2,1-2H3,(H2,26,27,30,31). The number of amides is 2. The van der Waals surface area contributed by atoms with Crippen LogP contribution in [-0.2, 0) is 11.2 Å². The van der Waals surface area contributed by atoms with E-state index in [1.807, 2.05) is 66.7 Å². The van der Waals surface area contributed by atoms with Crippen LogP contribution in [0.2, 0.25) is 0 Å². The van der Waals surface area contributed by atoms with Crippen LogP contribution < -0.4 is 10.6 Å². The van der Waals surface area contributed by atoms with Crippen molar-refractivity contribution in [3.05, 3.63) is 90.0 Å². The number of thiocarbonyl (C=S) groups is 1. The molecule has 0 aliphatic rings. The van der Waals surface area contributed by atoms with Gasteiger partial charge in [-0.25, -0.2) is 0 Å². The molecule has 0 fully saturated rings. The van der Waals surface area contributed by atoms with Gasteiger partial charge in [-0.15, -0.1) is 0 Å². The van der Waals surface area contributed by atoms with Crippen LogP contribution in [0.5, 0.6) is 0 Å². The second kappa shape index (κ2) is 10.5. The summed E-state index contributed by atoms with van der Waals surface area (Å²) in [6, 6.07) is 25.0. The van der Waals surface area contributed by atoms with Crippen LogP contribution >= 0.6 is 12.2 Å². The van der Waals surface area contributed by atoms with Crippen molar-refractivity contribution in [3.63, 3.8) is 0 Å². The van der Waals surface area contributed by atoms with Gasteiger partial charge in [-0.3, -0.25) is 14.9 Å². The van der Waals surface area contributed by atoms with Gasteiger partial charge in [0.15, 0.2) is 5.11 Å². The molecule has 2 amide bonds. The molecule has 0 spiro atoms. The van der Waals surface area contributed by atoms with Gasteiger partial charge in [-0.1, -0.05) is 54.6 Å². The number of nitrogens with one attached hydrogen (secondary N) is 2. The first-order valence-electron chi connectivity index (χ1n) is 9.99. The highest BCUT2D eigenvalue weighted by molar-refractivity contribution is 7.80. The Morgan fingerprint density at radius 2 is 1.45 bits per heavy atom. The summed E-state index contributed by atoms with van der Waals surface area (Å²) in [5, 5.41) is 5.95. The zero-order valence-electron chi connectivity index (χ0n) is 17.6. The molecule has 5 nitrogen and oxygen atoms in total. The molecule has 0 saturated heterocycles. The van der Waals surface area contributed by atoms with Gasteiger partial charge >= 0.3 is 0 Å². The number of nitrogens with zero attached hydrogens (tertiary/aromatic N) is 1. The zero-order chi connectivity index (χ0) is 22.2. The maximum atomic E-state index is 12.5. The van der Waals surface area contributed by atoms with Crippen molar-refractivity contribution in [1.29, 1.82) is 0 Å². The highest BCUT2D eigenvalue weighted by atomic mass is 32.1. The van der Waals surface area contributed by atoms with Gasteiger partial charge in [0, 0.05) is 31.8 Å². The molecule has 31 heavy (non-hydrogen) atoms. The Labute approximate surface area is 188 Å². The summed E-state index contributed by atoms with van der Waals surface area (Å²) in [6.45, 7) is 0. The third kappa shape index (κ3) is 6.49. The lowest BCUT2D eigenvalue weighted by molar-refractivity contribution is -0.128. The van der Waals surface area contributed by atoms with E-state index in [0.29, 0.717) is 18.4 Å². The number of anilines is 1. The lowest BCUT2D eigenvalue weighted by Gasteiger charge is -2.12. The molecule has 0 atom stereocenters. The number of hydrogen-bond acceptors (Lipinski definition) is 3. The lowest BCUT2D eigenvalue weighted by Crippen LogP contribution is -2.34. The predicted octanol–water partition coefficient (Wildman–Crippen LogP) is 4.50. The van der Waals surface area contributed by atoms with Crippen molar-refractivity contribution >= 4 is 34.8 Å². The summed E-state index contributed by atoms with van der Waals surface area (Å²) in [5.41, 5.74) is 4.51. The molecule has 0 heterocycles. The zero-order valence-corrected chi connectivity index (χ0v) is 18.4. The molecule has 158 valence electrons. The Hall–Kier alpha value is -3.51. The SMILES string of the molecule is CN(C)C(=O)CCc1ccc(NC(=S)NC(=O)c2ccc(-c3ccccc3)cc2)cc1. The first-order valence-corrected chi connectivity index (χ1v) is 10.4. The molecule has 0 unspecified atom stereocenters. The fraction of sp³-hybridized carbons (Fsp3) is 0.160. The van der Waals surface area contributed by atoms with Gasteiger partial charge in [-0.05, 0) is 59.6 Å². The Kier molecular flexibility index (Phi) is 7.51. The van der Waals surface area contributed by atoms with Crippen LogP contribution in [0.3, 0.4) is 0 Å². The normalized spacial score (nSPS) is 10.3. The van der Waals surface area contributed by atoms with Gasteiger partial charge in [0.1, 0.15) is 0 Å². The summed E-state index contributed by atoms with van der Waals surface area (Å²) in [4.78, 5) is 25.8. The summed E-state index contributed by atoms with van der Waals surface area (Å²) in [5.74, 6) is -0.168. The van der Waals surface area contributed by atoms with Crippen LogP contribution in [0.15, 0.2) is 78.9 Å². The molecule has 0 aliphatic carbocycles. The van der Waals surface area contributed by atoms with Crippen molar-refractivity contribution in [1.82, 2.24) is 10.2 Å². The highest BCUT2D eigenvalue weighted by Gasteiger charge is 2.09. The van der Waals surface area contributed by atoms with Crippen LogP contribution in [0.25, 0.3) is 11.1 Å². The van der Waals surface area contributed by atoms with Crippen LogP contribution in [0, 0.1) is 0 Å². The van der Waals surface area contributed by atoms with Crippen molar-refractivity contribution in [2.75, 3.05) is 19.4 Å². The minimum absolute atomic E-state index is 0.0999. The molecular weight excluding hydrogens is 406 g/mol. The van der Waals surface area contributed by atoms with Crippen molar-refractivity contribution in [3.8, 4) is 11.1 Å². The number of hydrogen-bond donors (Lipinski definition) is 2. The van der Waals surface area contributed by atoms with Gasteiger partial charge in [0.2, 0.25) is 5.91 Å². The van der Waals surface area contributed by atoms with Gasteiger partial charge in [-0.2, -0.15) is 0 Å². The van der Waals surface area contributed by atoms with Gasteiger partial charge < -0.3 is 10.2 Å². The fourth-order valence-electron chi connectivity index (χ4n) is 3.01. The summed E-state index contributed by atoms with van der Waals surface area (Å²) >= 11 is 5.27. The quantitative estimate of drug-likeness (QED) is 0.564. The Balaban J connectivity index is 1.52. The second-order valence-corrected chi connectivity index (χ2v) is 7.74. The van der Waals surface area contributed by atoms with E-state index in [9.17, 15) is 9.59 Å². The molecule has 3 rings (SSSR count). The number of rotatable bonds is 6. The monoisotopic (exact) mass is 431 g/mol. The average Bonchev–Trinajstić information content (AvgIpc) is 2.79. The van der Waals surface area contributed by atoms with E-state index in [1.54, 1.807) is 31.1 Å². The Bertz CT molecular complexity index is 1050. The first-order chi connectivity index (χ1) is 14.9. The largest absolute Gasteiger partial charge is 0.349 e. The molecule has 0 bridgehead atoms. The average molecular weight is 432 g/mol.